The van der Waals surface area contributed by atoms with Crippen molar-refractivity contribution in [1.29, 1.82) is 0 Å². The molecule has 1 unspecified atom stereocenters. The van der Waals surface area contributed by atoms with Gasteiger partial charge in [0.25, 0.3) is 0 Å². The molecule has 0 spiro atoms. The van der Waals surface area contributed by atoms with E-state index in [1.165, 1.54) is 16.7 Å². The summed E-state index contributed by atoms with van der Waals surface area (Å²) >= 11 is 0. The average Bonchev–Trinajstić information content (AvgIpc) is 2.81. The van der Waals surface area contributed by atoms with Crippen molar-refractivity contribution in [2.45, 2.75) is 26.4 Å². The smallest absolute Gasteiger partial charge is 0.0950 e. The molecule has 2 aromatic rings. The molecule has 1 N–H and O–H groups in total. The standard InChI is InChI=1S/C14H17NO/c1-11-3-5-13(6-4-11)9-15-12(2)14-7-8-16-10-14/h3-8,10,12,15H,9H2,1-2H3. The summed E-state index contributed by atoms with van der Waals surface area (Å²) in [4.78, 5) is 0. The summed E-state index contributed by atoms with van der Waals surface area (Å²) in [5.41, 5.74) is 3.79. The summed E-state index contributed by atoms with van der Waals surface area (Å²) in [6.45, 7) is 5.12. The SMILES string of the molecule is Cc1ccc(CNC(C)c2ccoc2)cc1. The minimum atomic E-state index is 0.319. The third-order valence-electron chi connectivity index (χ3n) is 2.78. The van der Waals surface area contributed by atoms with E-state index < -0.39 is 0 Å². The quantitative estimate of drug-likeness (QED) is 0.845. The summed E-state index contributed by atoms with van der Waals surface area (Å²) in [6, 6.07) is 10.9. The van der Waals surface area contributed by atoms with E-state index in [0.29, 0.717) is 6.04 Å². The first-order valence-electron chi connectivity index (χ1n) is 5.57. The largest absolute Gasteiger partial charge is 0.472 e. The lowest BCUT2D eigenvalue weighted by Crippen LogP contribution is -2.17. The van der Waals surface area contributed by atoms with Crippen LogP contribution in [0.15, 0.2) is 47.3 Å². The number of benzene rings is 1. The third-order valence-corrected chi connectivity index (χ3v) is 2.78. The topological polar surface area (TPSA) is 25.2 Å². The number of hydrogen-bond donors (Lipinski definition) is 1. The Bertz CT molecular complexity index is 417. The van der Waals surface area contributed by atoms with Gasteiger partial charge in [0.15, 0.2) is 0 Å². The fraction of sp³-hybridized carbons (Fsp3) is 0.286. The second-order valence-electron chi connectivity index (χ2n) is 4.14. The van der Waals surface area contributed by atoms with Gasteiger partial charge in [0.1, 0.15) is 0 Å². The number of hydrogen-bond acceptors (Lipinski definition) is 2. The summed E-state index contributed by atoms with van der Waals surface area (Å²) in [7, 11) is 0. The van der Waals surface area contributed by atoms with Crippen molar-refractivity contribution >= 4 is 0 Å². The third kappa shape index (κ3) is 2.74. The van der Waals surface area contributed by atoms with Gasteiger partial charge < -0.3 is 9.73 Å². The molecule has 1 aromatic heterocycles. The van der Waals surface area contributed by atoms with Gasteiger partial charge in [-0.3, -0.25) is 0 Å². The van der Waals surface area contributed by atoms with Crippen LogP contribution in [-0.4, -0.2) is 0 Å². The van der Waals surface area contributed by atoms with Gasteiger partial charge in [-0.1, -0.05) is 29.8 Å². The predicted molar refractivity (Wildman–Crippen MR) is 65.1 cm³/mol. The van der Waals surface area contributed by atoms with Gasteiger partial charge in [0.05, 0.1) is 12.5 Å². The first kappa shape index (κ1) is 11.0. The molecule has 1 heterocycles. The molecule has 84 valence electrons. The maximum absolute atomic E-state index is 5.06. The van der Waals surface area contributed by atoms with Crippen molar-refractivity contribution < 1.29 is 4.42 Å². The molecule has 0 aliphatic rings. The Hall–Kier alpha value is -1.54. The van der Waals surface area contributed by atoms with Gasteiger partial charge in [-0.2, -0.15) is 0 Å². The Morgan fingerprint density at radius 2 is 1.94 bits per heavy atom. The summed E-state index contributed by atoms with van der Waals surface area (Å²) in [5.74, 6) is 0. The summed E-state index contributed by atoms with van der Waals surface area (Å²) in [6.07, 6.45) is 3.49. The van der Waals surface area contributed by atoms with E-state index in [4.69, 9.17) is 4.42 Å². The fourth-order valence-corrected chi connectivity index (χ4v) is 1.62. The molecule has 16 heavy (non-hydrogen) atoms. The highest BCUT2D eigenvalue weighted by Crippen LogP contribution is 2.13. The van der Waals surface area contributed by atoms with Gasteiger partial charge in [0.2, 0.25) is 0 Å². The number of aryl methyl sites for hydroxylation is 1. The van der Waals surface area contributed by atoms with E-state index in [1.54, 1.807) is 12.5 Å². The van der Waals surface area contributed by atoms with Gasteiger partial charge in [0, 0.05) is 18.2 Å². The molecule has 2 rings (SSSR count). The number of furan rings is 1. The molecule has 1 atom stereocenters. The minimum Gasteiger partial charge on any atom is -0.472 e. The normalized spacial score (nSPS) is 12.6. The van der Waals surface area contributed by atoms with Crippen molar-refractivity contribution in [3.05, 3.63) is 59.5 Å². The molecule has 0 bridgehead atoms. The van der Waals surface area contributed by atoms with Crippen molar-refractivity contribution in [3.63, 3.8) is 0 Å². The molecule has 0 fully saturated rings. The first-order chi connectivity index (χ1) is 7.75. The maximum Gasteiger partial charge on any atom is 0.0950 e. The second-order valence-corrected chi connectivity index (χ2v) is 4.14. The molecular weight excluding hydrogens is 198 g/mol. The van der Waals surface area contributed by atoms with Crippen molar-refractivity contribution in [1.82, 2.24) is 5.32 Å². The highest BCUT2D eigenvalue weighted by atomic mass is 16.3. The van der Waals surface area contributed by atoms with Crippen LogP contribution in [0.1, 0.15) is 29.7 Å². The van der Waals surface area contributed by atoms with Crippen LogP contribution < -0.4 is 5.32 Å². The van der Waals surface area contributed by atoms with Crippen LogP contribution in [0.4, 0.5) is 0 Å². The number of rotatable bonds is 4. The Balaban J connectivity index is 1.90. The zero-order chi connectivity index (χ0) is 11.4. The van der Waals surface area contributed by atoms with E-state index in [-0.39, 0.29) is 0 Å². The van der Waals surface area contributed by atoms with Gasteiger partial charge >= 0.3 is 0 Å². The molecule has 0 aliphatic carbocycles. The average molecular weight is 215 g/mol. The van der Waals surface area contributed by atoms with Crippen LogP contribution in [0.3, 0.4) is 0 Å². The monoisotopic (exact) mass is 215 g/mol. The Kier molecular flexibility index (Phi) is 3.42. The number of nitrogens with one attached hydrogen (secondary N) is 1. The molecule has 0 radical (unpaired) electrons. The van der Waals surface area contributed by atoms with Crippen molar-refractivity contribution in [2.75, 3.05) is 0 Å². The molecule has 2 nitrogen and oxygen atoms in total. The van der Waals surface area contributed by atoms with Crippen LogP contribution >= 0.6 is 0 Å². The van der Waals surface area contributed by atoms with Crippen LogP contribution in [0.2, 0.25) is 0 Å². The van der Waals surface area contributed by atoms with E-state index >= 15 is 0 Å². The lowest BCUT2D eigenvalue weighted by atomic mass is 10.1. The van der Waals surface area contributed by atoms with Crippen LogP contribution in [0.25, 0.3) is 0 Å². The van der Waals surface area contributed by atoms with Gasteiger partial charge in [-0.05, 0) is 25.5 Å². The highest BCUT2D eigenvalue weighted by molar-refractivity contribution is 5.21. The minimum absolute atomic E-state index is 0.319. The Labute approximate surface area is 96.3 Å². The zero-order valence-corrected chi connectivity index (χ0v) is 9.73. The Morgan fingerprint density at radius 3 is 2.56 bits per heavy atom. The lowest BCUT2D eigenvalue weighted by molar-refractivity contribution is 0.538. The second kappa shape index (κ2) is 4.99. The summed E-state index contributed by atoms with van der Waals surface area (Å²) in [5, 5.41) is 3.46. The van der Waals surface area contributed by atoms with Crippen LogP contribution in [0, 0.1) is 6.92 Å². The maximum atomic E-state index is 5.06. The molecule has 0 saturated carbocycles. The molecule has 0 aliphatic heterocycles. The lowest BCUT2D eigenvalue weighted by Gasteiger charge is -2.11. The molecule has 0 amide bonds. The van der Waals surface area contributed by atoms with Crippen molar-refractivity contribution in [3.8, 4) is 0 Å². The van der Waals surface area contributed by atoms with E-state index in [0.717, 1.165) is 6.54 Å². The molecule has 0 saturated heterocycles. The fourth-order valence-electron chi connectivity index (χ4n) is 1.62. The van der Waals surface area contributed by atoms with E-state index in [9.17, 15) is 0 Å². The van der Waals surface area contributed by atoms with E-state index in [1.807, 2.05) is 6.07 Å². The van der Waals surface area contributed by atoms with Gasteiger partial charge in [-0.15, -0.1) is 0 Å². The van der Waals surface area contributed by atoms with Crippen LogP contribution in [-0.2, 0) is 6.54 Å². The summed E-state index contributed by atoms with van der Waals surface area (Å²) < 4.78 is 5.06. The highest BCUT2D eigenvalue weighted by Gasteiger charge is 2.05. The first-order valence-corrected chi connectivity index (χ1v) is 5.57. The van der Waals surface area contributed by atoms with Gasteiger partial charge in [-0.25, -0.2) is 0 Å². The predicted octanol–water partition coefficient (Wildman–Crippen LogP) is 3.44. The molecule has 1 aromatic carbocycles. The zero-order valence-electron chi connectivity index (χ0n) is 9.73. The van der Waals surface area contributed by atoms with E-state index in [2.05, 4.69) is 43.4 Å². The molecular formula is C14H17NO. The Morgan fingerprint density at radius 1 is 1.19 bits per heavy atom. The van der Waals surface area contributed by atoms with Crippen molar-refractivity contribution in [2.24, 2.45) is 0 Å². The molecule has 2 heteroatoms. The van der Waals surface area contributed by atoms with Crippen LogP contribution in [0.5, 0.6) is 0 Å².